The summed E-state index contributed by atoms with van der Waals surface area (Å²) in [6, 6.07) is 0.699. The monoisotopic (exact) mass is 303 g/mol. The molecule has 0 aromatic rings. The van der Waals surface area contributed by atoms with Gasteiger partial charge in [-0.25, -0.2) is 0 Å². The number of nitrogens with zero attached hydrogens (tertiary/aromatic N) is 2. The fraction of sp³-hybridized carbons (Fsp3) is 1.00. The maximum absolute atomic E-state index is 12.5. The Hall–Kier alpha value is -0.170. The third-order valence-corrected chi connectivity index (χ3v) is 6.52. The molecule has 6 heteroatoms. The Morgan fingerprint density at radius 3 is 2.40 bits per heavy atom. The highest BCUT2D eigenvalue weighted by Crippen LogP contribution is 2.23. The molecule has 0 spiro atoms. The van der Waals surface area contributed by atoms with Crippen LogP contribution in [0.1, 0.15) is 45.4 Å². The largest absolute Gasteiger partial charge is 0.314 e. The van der Waals surface area contributed by atoms with E-state index in [9.17, 15) is 8.42 Å². The zero-order valence-corrected chi connectivity index (χ0v) is 13.7. The van der Waals surface area contributed by atoms with Crippen LogP contribution < -0.4 is 5.32 Å². The van der Waals surface area contributed by atoms with Crippen LogP contribution in [-0.4, -0.2) is 56.3 Å². The standard InChI is InChI=1S/C14H29N3O2S/c1-3-13-7-11-17(12-8-13)20(18,19)16(2)10-4-9-15-14-5-6-14/h13-15H,3-12H2,1-2H3. The highest BCUT2D eigenvalue weighted by Gasteiger charge is 2.30. The first-order valence-corrected chi connectivity index (χ1v) is 9.38. The molecule has 0 amide bonds. The molecule has 1 heterocycles. The smallest absolute Gasteiger partial charge is 0.281 e. The minimum absolute atomic E-state index is 0.607. The number of hydrogen-bond acceptors (Lipinski definition) is 3. The Kier molecular flexibility index (Phi) is 5.84. The van der Waals surface area contributed by atoms with Crippen molar-refractivity contribution in [2.45, 2.75) is 51.5 Å². The number of piperidine rings is 1. The van der Waals surface area contributed by atoms with E-state index in [0.717, 1.165) is 32.2 Å². The fourth-order valence-corrected chi connectivity index (χ4v) is 4.18. The second-order valence-electron chi connectivity index (χ2n) is 6.16. The van der Waals surface area contributed by atoms with Crippen LogP contribution in [0.5, 0.6) is 0 Å². The lowest BCUT2D eigenvalue weighted by Crippen LogP contribution is -2.46. The van der Waals surface area contributed by atoms with Gasteiger partial charge in [0.15, 0.2) is 0 Å². The average molecular weight is 303 g/mol. The molecule has 20 heavy (non-hydrogen) atoms. The fourth-order valence-electron chi connectivity index (χ4n) is 2.76. The van der Waals surface area contributed by atoms with E-state index in [1.165, 1.54) is 17.1 Å². The van der Waals surface area contributed by atoms with Gasteiger partial charge in [-0.3, -0.25) is 0 Å². The van der Waals surface area contributed by atoms with Gasteiger partial charge >= 0.3 is 0 Å². The van der Waals surface area contributed by atoms with Gasteiger partial charge in [0, 0.05) is 32.7 Å². The SMILES string of the molecule is CCC1CCN(S(=O)(=O)N(C)CCCNC2CC2)CC1. The quantitative estimate of drug-likeness (QED) is 0.690. The molecule has 0 aromatic carbocycles. The van der Waals surface area contributed by atoms with Crippen molar-refractivity contribution in [1.82, 2.24) is 13.9 Å². The molecule has 2 fully saturated rings. The van der Waals surface area contributed by atoms with Gasteiger partial charge in [0.2, 0.25) is 0 Å². The van der Waals surface area contributed by atoms with E-state index in [4.69, 9.17) is 0 Å². The lowest BCUT2D eigenvalue weighted by atomic mass is 9.96. The maximum Gasteiger partial charge on any atom is 0.281 e. The Bertz CT molecular complexity index is 387. The minimum atomic E-state index is -3.24. The van der Waals surface area contributed by atoms with Crippen LogP contribution in [0.4, 0.5) is 0 Å². The molecule has 0 atom stereocenters. The molecule has 1 saturated heterocycles. The summed E-state index contributed by atoms with van der Waals surface area (Å²) >= 11 is 0. The molecule has 0 radical (unpaired) electrons. The van der Waals surface area contributed by atoms with Crippen LogP contribution in [-0.2, 0) is 10.2 Å². The Labute approximate surface area is 123 Å². The molecule has 2 rings (SSSR count). The summed E-state index contributed by atoms with van der Waals surface area (Å²) in [5, 5.41) is 3.42. The summed E-state index contributed by atoms with van der Waals surface area (Å²) in [5.41, 5.74) is 0. The molecule has 5 nitrogen and oxygen atoms in total. The summed E-state index contributed by atoms with van der Waals surface area (Å²) in [5.74, 6) is 0.703. The molecule has 0 bridgehead atoms. The van der Waals surface area contributed by atoms with Crippen LogP contribution in [0.3, 0.4) is 0 Å². The van der Waals surface area contributed by atoms with Crippen molar-refractivity contribution < 1.29 is 8.42 Å². The first-order valence-electron chi connectivity index (χ1n) is 7.98. The topological polar surface area (TPSA) is 52.7 Å². The van der Waals surface area contributed by atoms with Gasteiger partial charge in [-0.15, -0.1) is 0 Å². The lowest BCUT2D eigenvalue weighted by Gasteiger charge is -2.33. The van der Waals surface area contributed by atoms with Crippen LogP contribution in [0, 0.1) is 5.92 Å². The van der Waals surface area contributed by atoms with Crippen molar-refractivity contribution in [2.24, 2.45) is 5.92 Å². The predicted octanol–water partition coefficient (Wildman–Crippen LogP) is 1.43. The van der Waals surface area contributed by atoms with Gasteiger partial charge in [0.1, 0.15) is 0 Å². The van der Waals surface area contributed by atoms with Gasteiger partial charge in [-0.1, -0.05) is 13.3 Å². The average Bonchev–Trinajstić information content (AvgIpc) is 3.27. The van der Waals surface area contributed by atoms with Gasteiger partial charge in [-0.2, -0.15) is 17.0 Å². The Balaban J connectivity index is 1.73. The van der Waals surface area contributed by atoms with Crippen molar-refractivity contribution in [3.8, 4) is 0 Å². The number of rotatable bonds is 8. The first-order chi connectivity index (χ1) is 9.54. The van der Waals surface area contributed by atoms with Crippen LogP contribution in [0.2, 0.25) is 0 Å². The third-order valence-electron chi connectivity index (χ3n) is 4.53. The van der Waals surface area contributed by atoms with Gasteiger partial charge in [0.25, 0.3) is 10.2 Å². The van der Waals surface area contributed by atoms with Crippen molar-refractivity contribution in [1.29, 1.82) is 0 Å². The molecule has 1 saturated carbocycles. The van der Waals surface area contributed by atoms with Crippen LogP contribution in [0.25, 0.3) is 0 Å². The molecule has 1 aliphatic carbocycles. The molecule has 1 N–H and O–H groups in total. The third kappa shape index (κ3) is 4.41. The zero-order chi connectivity index (χ0) is 14.6. The summed E-state index contributed by atoms with van der Waals surface area (Å²) < 4.78 is 28.1. The summed E-state index contributed by atoms with van der Waals surface area (Å²) in [7, 11) is -1.53. The molecule has 2 aliphatic rings. The molecule has 0 aromatic heterocycles. The predicted molar refractivity (Wildman–Crippen MR) is 81.8 cm³/mol. The van der Waals surface area contributed by atoms with Crippen molar-refractivity contribution in [2.75, 3.05) is 33.2 Å². The molecular weight excluding hydrogens is 274 g/mol. The van der Waals surface area contributed by atoms with E-state index >= 15 is 0 Å². The Morgan fingerprint density at radius 2 is 1.85 bits per heavy atom. The molecule has 0 unspecified atom stereocenters. The highest BCUT2D eigenvalue weighted by molar-refractivity contribution is 7.86. The maximum atomic E-state index is 12.5. The van der Waals surface area contributed by atoms with Gasteiger partial charge in [0.05, 0.1) is 0 Å². The van der Waals surface area contributed by atoms with E-state index in [1.54, 1.807) is 11.4 Å². The van der Waals surface area contributed by atoms with Gasteiger partial charge < -0.3 is 5.32 Å². The van der Waals surface area contributed by atoms with Crippen molar-refractivity contribution in [3.63, 3.8) is 0 Å². The minimum Gasteiger partial charge on any atom is -0.314 e. The van der Waals surface area contributed by atoms with Gasteiger partial charge in [-0.05, 0) is 44.6 Å². The van der Waals surface area contributed by atoms with E-state index in [-0.39, 0.29) is 0 Å². The van der Waals surface area contributed by atoms with Crippen molar-refractivity contribution >= 4 is 10.2 Å². The van der Waals surface area contributed by atoms with E-state index in [2.05, 4.69) is 12.2 Å². The van der Waals surface area contributed by atoms with E-state index in [0.29, 0.717) is 31.6 Å². The number of hydrogen-bond donors (Lipinski definition) is 1. The van der Waals surface area contributed by atoms with E-state index in [1.807, 2.05) is 0 Å². The molecule has 118 valence electrons. The van der Waals surface area contributed by atoms with Crippen molar-refractivity contribution in [3.05, 3.63) is 0 Å². The molecular formula is C14H29N3O2S. The summed E-state index contributed by atoms with van der Waals surface area (Å²) in [6.07, 6.45) is 6.62. The van der Waals surface area contributed by atoms with Crippen LogP contribution in [0.15, 0.2) is 0 Å². The Morgan fingerprint density at radius 1 is 1.20 bits per heavy atom. The molecule has 1 aliphatic heterocycles. The van der Waals surface area contributed by atoms with E-state index < -0.39 is 10.2 Å². The lowest BCUT2D eigenvalue weighted by molar-refractivity contribution is 0.254. The second-order valence-corrected chi connectivity index (χ2v) is 8.20. The zero-order valence-electron chi connectivity index (χ0n) is 12.8. The summed E-state index contributed by atoms with van der Waals surface area (Å²) in [4.78, 5) is 0. The number of nitrogens with one attached hydrogen (secondary N) is 1. The normalized spacial score (nSPS) is 22.6. The summed E-state index contributed by atoms with van der Waals surface area (Å²) in [6.45, 7) is 5.09. The first kappa shape index (κ1) is 16.2. The second kappa shape index (κ2) is 7.20. The van der Waals surface area contributed by atoms with Crippen LogP contribution >= 0.6 is 0 Å². The highest BCUT2D eigenvalue weighted by atomic mass is 32.2.